The Bertz CT molecular complexity index is 1020. The lowest BCUT2D eigenvalue weighted by Crippen LogP contribution is -2.17. The van der Waals surface area contributed by atoms with Gasteiger partial charge in [0, 0.05) is 30.6 Å². The van der Waals surface area contributed by atoms with Gasteiger partial charge in [0.15, 0.2) is 0 Å². The standard InChI is InChI=1S/C20H22FN7O2/c1-27(2)11-3-8-23-20-25-17(14-6-9-22-10-7-14)13-19(26-20)24-16-5-4-15(21)12-18(16)28(29)30/h4-7,9-10,12-13H,3,8,11H2,1-2H3,(H2,23,24,25,26). The highest BCUT2D eigenvalue weighted by Crippen LogP contribution is 2.29. The summed E-state index contributed by atoms with van der Waals surface area (Å²) >= 11 is 0. The number of hydrogen-bond acceptors (Lipinski definition) is 8. The third kappa shape index (κ3) is 5.67. The molecule has 0 aliphatic carbocycles. The predicted molar refractivity (Wildman–Crippen MR) is 113 cm³/mol. The minimum atomic E-state index is -0.685. The molecule has 0 saturated carbocycles. The van der Waals surface area contributed by atoms with Crippen molar-refractivity contribution in [1.82, 2.24) is 19.9 Å². The number of aromatic nitrogens is 3. The fourth-order valence-electron chi connectivity index (χ4n) is 2.76. The Hall–Kier alpha value is -3.66. The van der Waals surface area contributed by atoms with Crippen molar-refractivity contribution in [2.24, 2.45) is 0 Å². The Labute approximate surface area is 173 Å². The van der Waals surface area contributed by atoms with Crippen LogP contribution in [-0.4, -0.2) is 52.0 Å². The molecule has 0 bridgehead atoms. The molecule has 2 N–H and O–H groups in total. The molecule has 0 radical (unpaired) electrons. The highest BCUT2D eigenvalue weighted by molar-refractivity contribution is 5.71. The van der Waals surface area contributed by atoms with E-state index in [2.05, 4.69) is 30.5 Å². The molecule has 0 spiro atoms. The van der Waals surface area contributed by atoms with Crippen LogP contribution in [0, 0.1) is 15.9 Å². The van der Waals surface area contributed by atoms with Gasteiger partial charge in [-0.2, -0.15) is 4.98 Å². The van der Waals surface area contributed by atoms with E-state index >= 15 is 0 Å². The zero-order chi connectivity index (χ0) is 21.5. The van der Waals surface area contributed by atoms with Crippen LogP contribution in [0.3, 0.4) is 0 Å². The fourth-order valence-corrected chi connectivity index (χ4v) is 2.76. The Morgan fingerprint density at radius 1 is 1.13 bits per heavy atom. The van der Waals surface area contributed by atoms with Crippen molar-refractivity contribution in [1.29, 1.82) is 0 Å². The van der Waals surface area contributed by atoms with Gasteiger partial charge in [0.2, 0.25) is 5.95 Å². The van der Waals surface area contributed by atoms with Crippen molar-refractivity contribution < 1.29 is 9.31 Å². The zero-order valence-electron chi connectivity index (χ0n) is 16.7. The van der Waals surface area contributed by atoms with Crippen molar-refractivity contribution in [3.63, 3.8) is 0 Å². The van der Waals surface area contributed by atoms with E-state index in [-0.39, 0.29) is 11.4 Å². The summed E-state index contributed by atoms with van der Waals surface area (Å²) in [6, 6.07) is 8.62. The summed E-state index contributed by atoms with van der Waals surface area (Å²) in [6.07, 6.45) is 4.20. The Morgan fingerprint density at radius 2 is 1.90 bits per heavy atom. The number of nitrogens with zero attached hydrogens (tertiary/aromatic N) is 5. The third-order valence-electron chi connectivity index (χ3n) is 4.19. The average molecular weight is 411 g/mol. The molecule has 0 atom stereocenters. The minimum absolute atomic E-state index is 0.138. The topological polar surface area (TPSA) is 109 Å². The van der Waals surface area contributed by atoms with Crippen LogP contribution >= 0.6 is 0 Å². The molecule has 156 valence electrons. The monoisotopic (exact) mass is 411 g/mol. The molecule has 0 amide bonds. The maximum absolute atomic E-state index is 13.4. The van der Waals surface area contributed by atoms with Gasteiger partial charge in [-0.25, -0.2) is 9.37 Å². The second-order valence-electron chi connectivity index (χ2n) is 6.83. The van der Waals surface area contributed by atoms with Crippen molar-refractivity contribution in [3.8, 4) is 11.3 Å². The minimum Gasteiger partial charge on any atom is -0.354 e. The normalized spacial score (nSPS) is 10.8. The number of benzene rings is 1. The lowest BCUT2D eigenvalue weighted by Gasteiger charge is -2.13. The number of anilines is 3. The van der Waals surface area contributed by atoms with Gasteiger partial charge < -0.3 is 15.5 Å². The quantitative estimate of drug-likeness (QED) is 0.312. The number of nitro groups is 1. The fraction of sp³-hybridized carbons (Fsp3) is 0.250. The lowest BCUT2D eigenvalue weighted by molar-refractivity contribution is -0.384. The molecule has 10 heteroatoms. The van der Waals surface area contributed by atoms with E-state index in [0.717, 1.165) is 30.7 Å². The number of nitrogens with one attached hydrogen (secondary N) is 2. The number of rotatable bonds is 9. The highest BCUT2D eigenvalue weighted by atomic mass is 19.1. The number of nitro benzene ring substituents is 1. The molecule has 30 heavy (non-hydrogen) atoms. The van der Waals surface area contributed by atoms with Gasteiger partial charge in [-0.3, -0.25) is 15.1 Å². The van der Waals surface area contributed by atoms with Crippen molar-refractivity contribution in [3.05, 3.63) is 64.7 Å². The molecule has 3 rings (SSSR count). The van der Waals surface area contributed by atoms with Crippen LogP contribution in [0.1, 0.15) is 6.42 Å². The summed E-state index contributed by atoms with van der Waals surface area (Å²) < 4.78 is 13.4. The highest BCUT2D eigenvalue weighted by Gasteiger charge is 2.16. The predicted octanol–water partition coefficient (Wildman–Crippen LogP) is 3.69. The molecule has 2 heterocycles. The summed E-state index contributed by atoms with van der Waals surface area (Å²) in [5.74, 6) is 0.0487. The van der Waals surface area contributed by atoms with E-state index in [1.807, 2.05) is 26.2 Å². The largest absolute Gasteiger partial charge is 0.354 e. The first-order valence-electron chi connectivity index (χ1n) is 9.31. The third-order valence-corrected chi connectivity index (χ3v) is 4.19. The molecule has 0 fully saturated rings. The maximum Gasteiger partial charge on any atom is 0.295 e. The average Bonchev–Trinajstić information content (AvgIpc) is 2.73. The van der Waals surface area contributed by atoms with Crippen LogP contribution in [0.2, 0.25) is 0 Å². The van der Waals surface area contributed by atoms with Crippen molar-refractivity contribution in [2.75, 3.05) is 37.8 Å². The molecule has 0 aliphatic heterocycles. The van der Waals surface area contributed by atoms with Gasteiger partial charge in [0.1, 0.15) is 17.3 Å². The second-order valence-corrected chi connectivity index (χ2v) is 6.83. The summed E-state index contributed by atoms with van der Waals surface area (Å²) in [5, 5.41) is 17.4. The molecule has 3 aromatic rings. The van der Waals surface area contributed by atoms with Gasteiger partial charge in [-0.15, -0.1) is 0 Å². The molecular formula is C20H22FN7O2. The van der Waals surface area contributed by atoms with Gasteiger partial charge in [-0.05, 0) is 51.3 Å². The van der Waals surface area contributed by atoms with Gasteiger partial charge in [0.25, 0.3) is 5.69 Å². The van der Waals surface area contributed by atoms with Crippen molar-refractivity contribution in [2.45, 2.75) is 6.42 Å². The Morgan fingerprint density at radius 3 is 2.60 bits per heavy atom. The van der Waals surface area contributed by atoms with Crippen LogP contribution in [0.4, 0.5) is 27.5 Å². The number of pyridine rings is 1. The molecule has 2 aromatic heterocycles. The van der Waals surface area contributed by atoms with Crippen LogP contribution in [0.15, 0.2) is 48.8 Å². The molecule has 1 aromatic carbocycles. The first kappa shape index (κ1) is 21.1. The summed E-state index contributed by atoms with van der Waals surface area (Å²) in [5.41, 5.74) is 1.20. The molecule has 0 saturated heterocycles. The Kier molecular flexibility index (Phi) is 6.81. The van der Waals surface area contributed by atoms with E-state index in [1.54, 1.807) is 18.5 Å². The van der Waals surface area contributed by atoms with E-state index in [0.29, 0.717) is 24.0 Å². The second kappa shape index (κ2) is 9.70. The van der Waals surface area contributed by atoms with Crippen molar-refractivity contribution >= 4 is 23.1 Å². The van der Waals surface area contributed by atoms with E-state index in [4.69, 9.17) is 0 Å². The summed E-state index contributed by atoms with van der Waals surface area (Å²) in [7, 11) is 4.00. The zero-order valence-corrected chi connectivity index (χ0v) is 16.7. The number of hydrogen-bond donors (Lipinski definition) is 2. The van der Waals surface area contributed by atoms with Gasteiger partial charge in [0.05, 0.1) is 16.7 Å². The van der Waals surface area contributed by atoms with Crippen LogP contribution in [0.25, 0.3) is 11.3 Å². The molecule has 9 nitrogen and oxygen atoms in total. The molecular weight excluding hydrogens is 389 g/mol. The van der Waals surface area contributed by atoms with E-state index in [1.165, 1.54) is 6.07 Å². The van der Waals surface area contributed by atoms with E-state index < -0.39 is 10.7 Å². The lowest BCUT2D eigenvalue weighted by atomic mass is 10.2. The van der Waals surface area contributed by atoms with Gasteiger partial charge in [-0.1, -0.05) is 0 Å². The smallest absolute Gasteiger partial charge is 0.295 e. The first-order valence-corrected chi connectivity index (χ1v) is 9.31. The first-order chi connectivity index (χ1) is 14.4. The maximum atomic E-state index is 13.4. The van der Waals surface area contributed by atoms with Crippen LogP contribution < -0.4 is 10.6 Å². The summed E-state index contributed by atoms with van der Waals surface area (Å²) in [6.45, 7) is 1.57. The summed E-state index contributed by atoms with van der Waals surface area (Å²) in [4.78, 5) is 25.7. The number of halogens is 1. The SMILES string of the molecule is CN(C)CCCNc1nc(Nc2ccc(F)cc2[N+](=O)[O-])cc(-c2ccncc2)n1. The van der Waals surface area contributed by atoms with E-state index in [9.17, 15) is 14.5 Å². The van der Waals surface area contributed by atoms with Crippen LogP contribution in [-0.2, 0) is 0 Å². The molecule has 0 unspecified atom stereocenters. The van der Waals surface area contributed by atoms with Crippen LogP contribution in [0.5, 0.6) is 0 Å². The molecule has 0 aliphatic rings. The van der Waals surface area contributed by atoms with Gasteiger partial charge >= 0.3 is 0 Å². The Balaban J connectivity index is 1.91.